The van der Waals surface area contributed by atoms with Gasteiger partial charge in [0.25, 0.3) is 5.91 Å². The van der Waals surface area contributed by atoms with E-state index in [0.29, 0.717) is 12.2 Å². The summed E-state index contributed by atoms with van der Waals surface area (Å²) in [6, 6.07) is 4.10. The second-order valence-electron chi connectivity index (χ2n) is 8.99. The van der Waals surface area contributed by atoms with Crippen molar-refractivity contribution < 1.29 is 23.2 Å². The maximum absolute atomic E-state index is 13.4. The summed E-state index contributed by atoms with van der Waals surface area (Å²) in [7, 11) is 0. The van der Waals surface area contributed by atoms with Crippen LogP contribution in [0.1, 0.15) is 60.3 Å². The maximum Gasteiger partial charge on any atom is 0.290 e. The molecule has 3 fully saturated rings. The van der Waals surface area contributed by atoms with Crippen LogP contribution in [0.4, 0.5) is 4.39 Å². The topological polar surface area (TPSA) is 81.4 Å². The van der Waals surface area contributed by atoms with E-state index in [2.05, 4.69) is 10.5 Å². The van der Waals surface area contributed by atoms with Crippen LogP contribution in [-0.2, 0) is 17.6 Å². The van der Waals surface area contributed by atoms with Gasteiger partial charge in [-0.15, -0.1) is 0 Å². The smallest absolute Gasteiger partial charge is 0.290 e. The first kappa shape index (κ1) is 19.5. The molecule has 1 aromatic heterocycles. The Labute approximate surface area is 178 Å². The van der Waals surface area contributed by atoms with Crippen molar-refractivity contribution in [3.8, 4) is 5.75 Å². The average Bonchev–Trinajstić information content (AvgIpc) is 3.10. The lowest BCUT2D eigenvalue weighted by Gasteiger charge is -2.70. The summed E-state index contributed by atoms with van der Waals surface area (Å²) >= 11 is 5.64. The lowest BCUT2D eigenvalue weighted by atomic mass is 9.38. The number of halogens is 2. The number of hydrogen-bond acceptors (Lipinski definition) is 5. The normalized spacial score (nSPS) is 26.2. The number of benzene rings is 1. The van der Waals surface area contributed by atoms with Gasteiger partial charge in [-0.1, -0.05) is 16.8 Å². The third kappa shape index (κ3) is 3.39. The van der Waals surface area contributed by atoms with E-state index in [9.17, 15) is 14.0 Å². The molecule has 8 heteroatoms. The summed E-state index contributed by atoms with van der Waals surface area (Å²) in [5.74, 6) is -0.176. The number of carbonyl (C=O) groups is 2. The molecule has 2 bridgehead atoms. The first-order valence-electron chi connectivity index (χ1n) is 10.3. The number of Topliss-reactive ketones (excluding diaryl/α,β-unsaturated/α-hetero) is 1. The number of hydrogen-bond donors (Lipinski definition) is 1. The molecule has 1 amide bonds. The van der Waals surface area contributed by atoms with E-state index >= 15 is 0 Å². The highest BCUT2D eigenvalue weighted by atomic mass is 35.5. The van der Waals surface area contributed by atoms with Crippen molar-refractivity contribution >= 4 is 23.3 Å². The molecule has 4 aliphatic carbocycles. The quantitative estimate of drug-likeness (QED) is 0.714. The van der Waals surface area contributed by atoms with Gasteiger partial charge in [0.15, 0.2) is 5.78 Å². The zero-order valence-electron chi connectivity index (χ0n) is 16.4. The Bertz CT molecular complexity index is 1010. The molecule has 0 saturated heterocycles. The molecule has 0 spiro atoms. The van der Waals surface area contributed by atoms with Crippen LogP contribution in [0.25, 0.3) is 0 Å². The minimum atomic E-state index is -0.577. The molecule has 0 unspecified atom stereocenters. The summed E-state index contributed by atoms with van der Waals surface area (Å²) in [5, 5.41) is 7.17. The molecule has 1 aromatic carbocycles. The number of aryl methyl sites for hydroxylation is 1. The molecule has 1 heterocycles. The molecular weight excluding hydrogens is 411 g/mol. The van der Waals surface area contributed by atoms with Gasteiger partial charge in [-0.25, -0.2) is 4.39 Å². The second kappa shape index (κ2) is 7.08. The van der Waals surface area contributed by atoms with Gasteiger partial charge in [0.05, 0.1) is 10.7 Å². The summed E-state index contributed by atoms with van der Waals surface area (Å²) in [4.78, 5) is 25.0. The molecule has 0 radical (unpaired) electrons. The highest BCUT2D eigenvalue weighted by Crippen LogP contribution is 2.69. The third-order valence-corrected chi connectivity index (χ3v) is 6.85. The van der Waals surface area contributed by atoms with Gasteiger partial charge < -0.3 is 14.6 Å². The van der Waals surface area contributed by atoms with Crippen LogP contribution in [0.2, 0.25) is 5.02 Å². The monoisotopic (exact) mass is 432 g/mol. The van der Waals surface area contributed by atoms with Crippen molar-refractivity contribution in [1.82, 2.24) is 10.5 Å². The van der Waals surface area contributed by atoms with Gasteiger partial charge in [-0.05, 0) is 62.5 Å². The number of ether oxygens (including phenoxy) is 1. The Balaban J connectivity index is 1.11. The van der Waals surface area contributed by atoms with Crippen LogP contribution in [0.3, 0.4) is 0 Å². The van der Waals surface area contributed by atoms with E-state index < -0.39 is 5.82 Å². The van der Waals surface area contributed by atoms with Crippen molar-refractivity contribution in [3.05, 3.63) is 46.1 Å². The van der Waals surface area contributed by atoms with Gasteiger partial charge >= 0.3 is 0 Å². The fourth-order valence-corrected chi connectivity index (χ4v) is 5.50. The van der Waals surface area contributed by atoms with Crippen molar-refractivity contribution in [2.75, 3.05) is 6.61 Å². The second-order valence-corrected chi connectivity index (χ2v) is 9.40. The van der Waals surface area contributed by atoms with Gasteiger partial charge in [0.2, 0.25) is 5.76 Å². The summed E-state index contributed by atoms with van der Waals surface area (Å²) in [6.07, 6.45) is 6.58. The average molecular weight is 433 g/mol. The summed E-state index contributed by atoms with van der Waals surface area (Å²) in [6.45, 7) is -0.105. The lowest BCUT2D eigenvalue weighted by molar-refractivity contribution is -0.162. The van der Waals surface area contributed by atoms with Crippen LogP contribution in [0.15, 0.2) is 22.7 Å². The Morgan fingerprint density at radius 2 is 2.00 bits per heavy atom. The maximum atomic E-state index is 13.4. The number of nitrogens with one attached hydrogen (secondary N) is 1. The van der Waals surface area contributed by atoms with Gasteiger partial charge in [-0.3, -0.25) is 9.59 Å². The van der Waals surface area contributed by atoms with E-state index in [1.807, 2.05) is 0 Å². The van der Waals surface area contributed by atoms with Gasteiger partial charge in [-0.2, -0.15) is 0 Å². The minimum Gasteiger partial charge on any atom is -0.486 e. The van der Waals surface area contributed by atoms with Crippen LogP contribution < -0.4 is 10.1 Å². The molecule has 1 N–H and O–H groups in total. The summed E-state index contributed by atoms with van der Waals surface area (Å²) < 4.78 is 24.2. The standard InChI is InChI=1S/C22H22ClFN2O4/c23-16-6-5-14(7-17(16)24)29-9-13(27)8-21-10-22(11-21,12-21)25-20(28)19-15-3-1-2-4-18(15)26-30-19/h5-7H,1-4,8-12H2,(H,25,28). The molecule has 3 saturated carbocycles. The number of rotatable bonds is 7. The number of fused-ring (bicyclic) bond motifs is 1. The number of aromatic nitrogens is 1. The predicted molar refractivity (Wildman–Crippen MR) is 106 cm³/mol. The van der Waals surface area contributed by atoms with Crippen molar-refractivity contribution in [1.29, 1.82) is 0 Å². The van der Waals surface area contributed by atoms with E-state index in [4.69, 9.17) is 20.9 Å². The van der Waals surface area contributed by atoms with Crippen LogP contribution in [-0.4, -0.2) is 29.0 Å². The Morgan fingerprint density at radius 1 is 1.23 bits per heavy atom. The molecule has 0 aliphatic heterocycles. The first-order chi connectivity index (χ1) is 14.4. The largest absolute Gasteiger partial charge is 0.486 e. The molecule has 6 nitrogen and oxygen atoms in total. The van der Waals surface area contributed by atoms with Gasteiger partial charge in [0, 0.05) is 23.6 Å². The van der Waals surface area contributed by atoms with Crippen molar-refractivity contribution in [2.24, 2.45) is 5.41 Å². The fraction of sp³-hybridized carbons (Fsp3) is 0.500. The Hall–Kier alpha value is -2.41. The van der Waals surface area contributed by atoms with Crippen molar-refractivity contribution in [2.45, 2.75) is 56.9 Å². The molecule has 30 heavy (non-hydrogen) atoms. The Morgan fingerprint density at radius 3 is 2.77 bits per heavy atom. The number of ketones is 1. The van der Waals surface area contributed by atoms with Gasteiger partial charge in [0.1, 0.15) is 18.2 Å². The zero-order chi connectivity index (χ0) is 20.9. The summed E-state index contributed by atoms with van der Waals surface area (Å²) in [5.41, 5.74) is 1.57. The molecule has 4 aliphatic rings. The molecule has 158 valence electrons. The third-order valence-electron chi connectivity index (χ3n) is 6.55. The SMILES string of the molecule is O=C(COc1ccc(Cl)c(F)c1)CC12CC(NC(=O)c3onc4c3CCCC4)(C1)C2. The number of nitrogens with zero attached hydrogens (tertiary/aromatic N) is 1. The van der Waals surface area contributed by atoms with E-state index in [0.717, 1.165) is 56.2 Å². The first-order valence-corrected chi connectivity index (χ1v) is 10.6. The van der Waals surface area contributed by atoms with E-state index in [-0.39, 0.29) is 40.0 Å². The van der Waals surface area contributed by atoms with E-state index in [1.54, 1.807) is 0 Å². The Kier molecular flexibility index (Phi) is 4.61. The highest BCUT2D eigenvalue weighted by molar-refractivity contribution is 6.30. The van der Waals surface area contributed by atoms with E-state index in [1.165, 1.54) is 18.2 Å². The zero-order valence-corrected chi connectivity index (χ0v) is 17.2. The molecule has 2 aromatic rings. The molecule has 6 rings (SSSR count). The minimum absolute atomic E-state index is 0.0146. The van der Waals surface area contributed by atoms with Crippen LogP contribution >= 0.6 is 11.6 Å². The molecule has 0 atom stereocenters. The van der Waals surface area contributed by atoms with Crippen molar-refractivity contribution in [3.63, 3.8) is 0 Å². The predicted octanol–water partition coefficient (Wildman–Crippen LogP) is 4.04. The van der Waals surface area contributed by atoms with Crippen LogP contribution in [0.5, 0.6) is 5.75 Å². The molecular formula is C22H22ClFN2O4. The number of amides is 1. The van der Waals surface area contributed by atoms with Crippen LogP contribution in [0, 0.1) is 11.2 Å². The highest BCUT2D eigenvalue weighted by Gasteiger charge is 2.68. The number of carbonyl (C=O) groups excluding carboxylic acids is 2. The lowest BCUT2D eigenvalue weighted by Crippen LogP contribution is -2.75. The fourth-order valence-electron chi connectivity index (χ4n) is 5.38.